The number of ether oxygens (including phenoxy) is 2. The van der Waals surface area contributed by atoms with Crippen LogP contribution in [0.4, 0.5) is 23.2 Å². The molecule has 0 spiro atoms. The Balaban J connectivity index is 1.68. The summed E-state index contributed by atoms with van der Waals surface area (Å²) in [6.07, 6.45) is -4.16. The molecule has 0 saturated carbocycles. The zero-order valence-electron chi connectivity index (χ0n) is 22.4. The molecule has 4 aromatic rings. The second kappa shape index (κ2) is 10.4. The van der Waals surface area contributed by atoms with Gasteiger partial charge >= 0.3 is 6.18 Å². The minimum atomic E-state index is -4.98. The smallest absolute Gasteiger partial charge is 0.418 e. The molecule has 4 rings (SSSR count). The van der Waals surface area contributed by atoms with Crippen molar-refractivity contribution in [2.45, 2.75) is 44.4 Å². The van der Waals surface area contributed by atoms with E-state index < -0.39 is 36.0 Å². The molecule has 0 saturated heterocycles. The number of hydrogen-bond acceptors (Lipinski definition) is 5. The first kappa shape index (κ1) is 28.2. The lowest BCUT2D eigenvalue weighted by atomic mass is 9.74. The molecule has 0 radical (unpaired) electrons. The second-order valence-electron chi connectivity index (χ2n) is 10.3. The summed E-state index contributed by atoms with van der Waals surface area (Å²) in [5.74, 6) is 0.266. The van der Waals surface area contributed by atoms with Crippen LogP contribution in [0.5, 0.6) is 11.5 Å². The number of benzene rings is 3. The number of aryl methyl sites for hydroxylation is 1. The van der Waals surface area contributed by atoms with Crippen molar-refractivity contribution in [1.29, 1.82) is 0 Å². The van der Waals surface area contributed by atoms with E-state index in [0.717, 1.165) is 17.3 Å². The van der Waals surface area contributed by atoms with Crippen LogP contribution < -0.4 is 14.8 Å². The normalized spacial score (nSPS) is 13.8. The lowest BCUT2D eigenvalue weighted by Gasteiger charge is -2.38. The maximum Gasteiger partial charge on any atom is 0.418 e. The number of anilines is 1. The molecule has 1 unspecified atom stereocenters. The van der Waals surface area contributed by atoms with E-state index in [0.29, 0.717) is 22.3 Å². The Kier molecular flexibility index (Phi) is 7.53. The SMILES string of the molecule is COc1cccc(-n2ncc3c(NCC(O)(CC(C)(C)c4cc(F)ccc4OC)C(F)(F)F)cc(C)cc32)c1. The number of fused-ring (bicyclic) bond motifs is 1. The number of rotatable bonds is 9. The van der Waals surface area contributed by atoms with Gasteiger partial charge in [0.1, 0.15) is 17.3 Å². The molecule has 0 amide bonds. The maximum absolute atomic E-state index is 14.4. The average Bonchev–Trinajstić information content (AvgIpc) is 3.30. The third-order valence-corrected chi connectivity index (χ3v) is 6.85. The topological polar surface area (TPSA) is 68.5 Å². The van der Waals surface area contributed by atoms with Gasteiger partial charge in [-0.2, -0.15) is 18.3 Å². The molecular weight excluding hydrogens is 514 g/mol. The van der Waals surface area contributed by atoms with Crippen LogP contribution >= 0.6 is 0 Å². The van der Waals surface area contributed by atoms with E-state index in [4.69, 9.17) is 9.47 Å². The molecule has 0 aliphatic rings. The number of aromatic nitrogens is 2. The highest BCUT2D eigenvalue weighted by Crippen LogP contribution is 2.44. The molecule has 0 aliphatic carbocycles. The van der Waals surface area contributed by atoms with Gasteiger partial charge in [-0.3, -0.25) is 0 Å². The highest BCUT2D eigenvalue weighted by Gasteiger charge is 2.56. The molecule has 3 aromatic carbocycles. The van der Waals surface area contributed by atoms with Crippen LogP contribution in [0, 0.1) is 12.7 Å². The molecule has 1 atom stereocenters. The highest BCUT2D eigenvalue weighted by molar-refractivity contribution is 5.93. The van der Waals surface area contributed by atoms with Crippen LogP contribution in [-0.2, 0) is 5.41 Å². The number of methoxy groups -OCH3 is 2. The van der Waals surface area contributed by atoms with Crippen molar-refractivity contribution in [3.05, 3.63) is 77.7 Å². The molecule has 6 nitrogen and oxygen atoms in total. The summed E-state index contributed by atoms with van der Waals surface area (Å²) >= 11 is 0. The maximum atomic E-state index is 14.4. The van der Waals surface area contributed by atoms with Gasteiger partial charge in [0.05, 0.1) is 38.2 Å². The molecule has 0 aliphatic heterocycles. The summed E-state index contributed by atoms with van der Waals surface area (Å²) in [5.41, 5.74) is -1.64. The van der Waals surface area contributed by atoms with Gasteiger partial charge in [-0.1, -0.05) is 19.9 Å². The average molecular weight is 546 g/mol. The van der Waals surface area contributed by atoms with Gasteiger partial charge in [0, 0.05) is 22.7 Å². The van der Waals surface area contributed by atoms with Crippen LogP contribution in [0.15, 0.2) is 60.8 Å². The Hall–Kier alpha value is -3.79. The number of alkyl halides is 3. The fourth-order valence-corrected chi connectivity index (χ4v) is 4.90. The minimum absolute atomic E-state index is 0.227. The van der Waals surface area contributed by atoms with Crippen LogP contribution in [0.3, 0.4) is 0 Å². The molecule has 0 fully saturated rings. The van der Waals surface area contributed by atoms with E-state index in [-0.39, 0.29) is 11.3 Å². The molecule has 2 N–H and O–H groups in total. The van der Waals surface area contributed by atoms with Crippen molar-refractivity contribution in [3.8, 4) is 17.2 Å². The van der Waals surface area contributed by atoms with E-state index in [9.17, 15) is 22.7 Å². The van der Waals surface area contributed by atoms with Crippen LogP contribution in [0.1, 0.15) is 31.4 Å². The summed E-state index contributed by atoms with van der Waals surface area (Å²) in [4.78, 5) is 0. The van der Waals surface area contributed by atoms with Crippen LogP contribution in [0.25, 0.3) is 16.6 Å². The first-order valence-electron chi connectivity index (χ1n) is 12.3. The van der Waals surface area contributed by atoms with Crippen molar-refractivity contribution in [1.82, 2.24) is 9.78 Å². The Morgan fingerprint density at radius 2 is 1.74 bits per heavy atom. The van der Waals surface area contributed by atoms with E-state index >= 15 is 0 Å². The molecule has 39 heavy (non-hydrogen) atoms. The van der Waals surface area contributed by atoms with E-state index in [1.54, 1.807) is 36.2 Å². The van der Waals surface area contributed by atoms with E-state index in [1.165, 1.54) is 33.1 Å². The Morgan fingerprint density at radius 3 is 2.41 bits per heavy atom. The second-order valence-corrected chi connectivity index (χ2v) is 10.3. The number of halogens is 4. The molecule has 1 aromatic heterocycles. The van der Waals surface area contributed by atoms with Gasteiger partial charge in [0.15, 0.2) is 5.60 Å². The minimum Gasteiger partial charge on any atom is -0.497 e. The molecule has 10 heteroatoms. The third-order valence-electron chi connectivity index (χ3n) is 6.85. The zero-order chi connectivity index (χ0) is 28.6. The first-order valence-corrected chi connectivity index (χ1v) is 12.3. The predicted octanol–water partition coefficient (Wildman–Crippen LogP) is 6.56. The van der Waals surface area contributed by atoms with Gasteiger partial charge < -0.3 is 19.9 Å². The van der Waals surface area contributed by atoms with Crippen molar-refractivity contribution in [2.75, 3.05) is 26.1 Å². The van der Waals surface area contributed by atoms with E-state index in [1.807, 2.05) is 25.1 Å². The van der Waals surface area contributed by atoms with Crippen molar-refractivity contribution in [2.24, 2.45) is 0 Å². The summed E-state index contributed by atoms with van der Waals surface area (Å²) in [7, 11) is 2.92. The van der Waals surface area contributed by atoms with Gasteiger partial charge in [-0.25, -0.2) is 9.07 Å². The summed E-state index contributed by atoms with van der Waals surface area (Å²) in [6, 6.07) is 14.5. The van der Waals surface area contributed by atoms with Crippen molar-refractivity contribution in [3.63, 3.8) is 0 Å². The number of hydrogen-bond donors (Lipinski definition) is 2. The van der Waals surface area contributed by atoms with Crippen LogP contribution in [0.2, 0.25) is 0 Å². The standard InChI is InChI=1S/C29H31F4N3O3/c1-18-11-24(22-15-35-36(25(22)12-18)20-7-6-8-21(14-20)38-4)34-17-28(37,29(31,32)33)16-27(2,3)23-13-19(30)9-10-26(23)39-5/h6-15,34,37H,16-17H2,1-5H3. The number of nitrogens with one attached hydrogen (secondary N) is 1. The molecule has 1 heterocycles. The highest BCUT2D eigenvalue weighted by atomic mass is 19.4. The molecular formula is C29H31F4N3O3. The fourth-order valence-electron chi connectivity index (χ4n) is 4.90. The first-order chi connectivity index (χ1) is 18.3. The summed E-state index contributed by atoms with van der Waals surface area (Å²) in [6.45, 7) is 4.03. The summed E-state index contributed by atoms with van der Waals surface area (Å²) in [5, 5.41) is 18.9. The largest absolute Gasteiger partial charge is 0.497 e. The van der Waals surface area contributed by atoms with Crippen LogP contribution in [-0.4, -0.2) is 47.4 Å². The third kappa shape index (κ3) is 5.66. The molecule has 0 bridgehead atoms. The van der Waals surface area contributed by atoms with Gasteiger partial charge in [0.2, 0.25) is 0 Å². The zero-order valence-corrected chi connectivity index (χ0v) is 22.4. The monoisotopic (exact) mass is 545 g/mol. The number of nitrogens with zero attached hydrogens (tertiary/aromatic N) is 2. The van der Waals surface area contributed by atoms with Gasteiger partial charge in [0.25, 0.3) is 0 Å². The molecule has 208 valence electrons. The number of aliphatic hydroxyl groups is 1. The summed E-state index contributed by atoms with van der Waals surface area (Å²) < 4.78 is 69.4. The lowest BCUT2D eigenvalue weighted by Crippen LogP contribution is -2.53. The Bertz CT molecular complexity index is 1480. The Labute approximate surface area is 224 Å². The van der Waals surface area contributed by atoms with E-state index in [2.05, 4.69) is 10.4 Å². The van der Waals surface area contributed by atoms with Crippen molar-refractivity contribution < 1.29 is 32.1 Å². The fraction of sp³-hybridized carbons (Fsp3) is 0.345. The van der Waals surface area contributed by atoms with Gasteiger partial charge in [-0.15, -0.1) is 0 Å². The quantitative estimate of drug-likeness (QED) is 0.233. The van der Waals surface area contributed by atoms with Gasteiger partial charge in [-0.05, 0) is 66.8 Å². The predicted molar refractivity (Wildman–Crippen MR) is 142 cm³/mol. The Morgan fingerprint density at radius 1 is 1.00 bits per heavy atom. The lowest BCUT2D eigenvalue weighted by molar-refractivity contribution is -0.260. The van der Waals surface area contributed by atoms with Crippen molar-refractivity contribution >= 4 is 16.6 Å².